The number of thiazole rings is 1. The van der Waals surface area contributed by atoms with Gasteiger partial charge in [0.1, 0.15) is 12.4 Å². The lowest BCUT2D eigenvalue weighted by Crippen LogP contribution is -2.39. The number of benzene rings is 2. The summed E-state index contributed by atoms with van der Waals surface area (Å²) < 4.78 is 23.3. The number of allylic oxidation sites excluding steroid dienone is 1. The van der Waals surface area contributed by atoms with Gasteiger partial charge in [-0.15, -0.1) is 0 Å². The molecule has 0 N–H and O–H groups in total. The fourth-order valence-corrected chi connectivity index (χ4v) is 5.25. The number of carboxylic acids is 1. The van der Waals surface area contributed by atoms with E-state index >= 15 is 0 Å². The Kier molecular flexibility index (Phi) is 8.50. The van der Waals surface area contributed by atoms with E-state index in [9.17, 15) is 19.5 Å². The zero-order valence-corrected chi connectivity index (χ0v) is 22.7. The summed E-state index contributed by atoms with van der Waals surface area (Å²) in [5.41, 5.74) is 1.76. The average molecular weight is 552 g/mol. The van der Waals surface area contributed by atoms with Crippen LogP contribution in [-0.2, 0) is 14.3 Å². The molecule has 11 heteroatoms. The van der Waals surface area contributed by atoms with Crippen LogP contribution < -0.4 is 34.2 Å². The molecule has 1 aromatic heterocycles. The second kappa shape index (κ2) is 12.0. The van der Waals surface area contributed by atoms with Gasteiger partial charge < -0.3 is 28.8 Å². The Morgan fingerprint density at radius 2 is 1.82 bits per heavy atom. The molecule has 3 aromatic rings. The summed E-state index contributed by atoms with van der Waals surface area (Å²) in [5.74, 6) is -0.699. The lowest BCUT2D eigenvalue weighted by molar-refractivity contribution is -0.307. The van der Waals surface area contributed by atoms with E-state index in [-0.39, 0.29) is 23.5 Å². The van der Waals surface area contributed by atoms with Gasteiger partial charge in [0.15, 0.2) is 16.3 Å². The Bertz CT molecular complexity index is 1600. The molecule has 0 saturated heterocycles. The van der Waals surface area contributed by atoms with Gasteiger partial charge in [0.05, 0.1) is 48.1 Å². The predicted molar refractivity (Wildman–Crippen MR) is 142 cm³/mol. The highest BCUT2D eigenvalue weighted by Gasteiger charge is 2.33. The number of methoxy groups -OCH3 is 1. The molecular weight excluding hydrogens is 524 g/mol. The first-order chi connectivity index (χ1) is 18.8. The van der Waals surface area contributed by atoms with Crippen LogP contribution in [0, 0.1) is 0 Å². The summed E-state index contributed by atoms with van der Waals surface area (Å²) in [7, 11) is 1.43. The van der Waals surface area contributed by atoms with Crippen LogP contribution in [0.3, 0.4) is 0 Å². The molecule has 39 heavy (non-hydrogen) atoms. The third-order valence-corrected chi connectivity index (χ3v) is 6.84. The van der Waals surface area contributed by atoms with Gasteiger partial charge in [-0.3, -0.25) is 9.36 Å². The summed E-state index contributed by atoms with van der Waals surface area (Å²) in [6, 6.07) is 11.3. The highest BCUT2D eigenvalue weighted by Crippen LogP contribution is 2.32. The lowest BCUT2D eigenvalue weighted by atomic mass is 9.96. The van der Waals surface area contributed by atoms with Gasteiger partial charge in [0.25, 0.3) is 5.56 Å². The van der Waals surface area contributed by atoms with Crippen LogP contribution in [0.25, 0.3) is 6.08 Å². The summed E-state index contributed by atoms with van der Waals surface area (Å²) in [5, 5.41) is 10.7. The second-order valence-electron chi connectivity index (χ2n) is 8.38. The largest absolute Gasteiger partial charge is 0.546 e. The van der Waals surface area contributed by atoms with Gasteiger partial charge in [-0.25, -0.2) is 9.79 Å². The monoisotopic (exact) mass is 551 g/mol. The highest BCUT2D eigenvalue weighted by molar-refractivity contribution is 7.07. The first-order valence-corrected chi connectivity index (χ1v) is 13.0. The van der Waals surface area contributed by atoms with Crippen molar-refractivity contribution in [3.8, 4) is 17.2 Å². The van der Waals surface area contributed by atoms with Gasteiger partial charge in [-0.2, -0.15) is 0 Å². The second-order valence-corrected chi connectivity index (χ2v) is 9.38. The molecule has 1 atom stereocenters. The fraction of sp³-hybridized carbons (Fsp3) is 0.286. The molecule has 1 aliphatic rings. The minimum Gasteiger partial charge on any atom is -0.546 e. The Hall–Kier alpha value is -4.38. The quantitative estimate of drug-likeness (QED) is 0.345. The standard InChI is InChI=1S/C28H28N2O8S/c1-5-36-19-10-8-18(9-11-19)25-24(27(34)37-6-2)16(3)29-28-30(25)26(33)22(39-28)14-17-7-12-20(21(13-17)35-4)38-15-23(31)32/h7-14,25H,5-6,15H2,1-4H3,(H,31,32)/p-1/b22-14+/t25-/m1/s1. The number of hydrogen-bond donors (Lipinski definition) is 0. The maximum Gasteiger partial charge on any atom is 0.338 e. The summed E-state index contributed by atoms with van der Waals surface area (Å²) in [6.07, 6.45) is 1.67. The van der Waals surface area contributed by atoms with Gasteiger partial charge >= 0.3 is 5.97 Å². The van der Waals surface area contributed by atoms with Crippen LogP contribution >= 0.6 is 11.3 Å². The number of hydrogen-bond acceptors (Lipinski definition) is 10. The van der Waals surface area contributed by atoms with Crippen molar-refractivity contribution in [2.45, 2.75) is 26.8 Å². The molecule has 2 heterocycles. The maximum atomic E-state index is 13.8. The first-order valence-electron chi connectivity index (χ1n) is 12.2. The molecule has 0 unspecified atom stereocenters. The van der Waals surface area contributed by atoms with Crippen molar-refractivity contribution < 1.29 is 33.6 Å². The third-order valence-electron chi connectivity index (χ3n) is 5.85. The molecule has 0 amide bonds. The Labute approximate surface area is 228 Å². The molecular formula is C28H27N2O8S-. The van der Waals surface area contributed by atoms with Crippen molar-refractivity contribution in [1.29, 1.82) is 0 Å². The summed E-state index contributed by atoms with van der Waals surface area (Å²) in [6.45, 7) is 5.40. The lowest BCUT2D eigenvalue weighted by Gasteiger charge is -2.24. The van der Waals surface area contributed by atoms with Crippen LogP contribution in [0.15, 0.2) is 63.5 Å². The van der Waals surface area contributed by atoms with E-state index in [0.717, 1.165) is 0 Å². The van der Waals surface area contributed by atoms with Crippen LogP contribution in [0.2, 0.25) is 0 Å². The first kappa shape index (κ1) is 27.6. The van der Waals surface area contributed by atoms with Crippen LogP contribution in [0.5, 0.6) is 17.2 Å². The molecule has 0 bridgehead atoms. The van der Waals surface area contributed by atoms with Crippen LogP contribution in [-0.4, -0.2) is 43.4 Å². The molecule has 0 aliphatic carbocycles. The fourth-order valence-electron chi connectivity index (χ4n) is 4.20. The van der Waals surface area contributed by atoms with Crippen molar-refractivity contribution in [3.05, 3.63) is 84.5 Å². The molecule has 204 valence electrons. The van der Waals surface area contributed by atoms with Crippen molar-refractivity contribution in [2.75, 3.05) is 26.9 Å². The third kappa shape index (κ3) is 5.88. The summed E-state index contributed by atoms with van der Waals surface area (Å²) in [4.78, 5) is 42.5. The van der Waals surface area contributed by atoms with E-state index in [0.29, 0.717) is 44.3 Å². The van der Waals surface area contributed by atoms with Crippen molar-refractivity contribution in [3.63, 3.8) is 0 Å². The van der Waals surface area contributed by atoms with Gasteiger partial charge in [-0.05, 0) is 62.2 Å². The minimum absolute atomic E-state index is 0.181. The minimum atomic E-state index is -1.36. The Morgan fingerprint density at radius 3 is 2.46 bits per heavy atom. The number of carbonyl (C=O) groups is 2. The topological polar surface area (TPSA) is 128 Å². The number of fused-ring (bicyclic) bond motifs is 1. The number of carboxylic acid groups (broad SMARTS) is 1. The number of esters is 1. The van der Waals surface area contributed by atoms with Crippen molar-refractivity contribution in [1.82, 2.24) is 4.57 Å². The van der Waals surface area contributed by atoms with E-state index in [1.807, 2.05) is 19.1 Å². The van der Waals surface area contributed by atoms with Gasteiger partial charge in [0.2, 0.25) is 0 Å². The van der Waals surface area contributed by atoms with Crippen LogP contribution in [0.4, 0.5) is 0 Å². The van der Waals surface area contributed by atoms with Gasteiger partial charge in [-0.1, -0.05) is 29.5 Å². The van der Waals surface area contributed by atoms with E-state index in [4.69, 9.17) is 18.9 Å². The van der Waals surface area contributed by atoms with E-state index in [1.165, 1.54) is 23.0 Å². The molecule has 1 aliphatic heterocycles. The molecule has 0 saturated carbocycles. The number of ether oxygens (including phenoxy) is 4. The molecule has 0 fully saturated rings. The van der Waals surface area contributed by atoms with E-state index in [1.54, 1.807) is 50.3 Å². The molecule has 2 aromatic carbocycles. The summed E-state index contributed by atoms with van der Waals surface area (Å²) >= 11 is 1.19. The van der Waals surface area contributed by atoms with Crippen molar-refractivity contribution >= 4 is 29.4 Å². The zero-order valence-electron chi connectivity index (χ0n) is 21.9. The number of carbonyl (C=O) groups excluding carboxylic acids is 2. The molecule has 0 spiro atoms. The normalized spacial score (nSPS) is 14.9. The molecule has 10 nitrogen and oxygen atoms in total. The number of rotatable bonds is 10. The van der Waals surface area contributed by atoms with Crippen LogP contribution in [0.1, 0.15) is 37.9 Å². The van der Waals surface area contributed by atoms with E-state index in [2.05, 4.69) is 4.99 Å². The van der Waals surface area contributed by atoms with Crippen molar-refractivity contribution in [2.24, 2.45) is 4.99 Å². The van der Waals surface area contributed by atoms with E-state index < -0.39 is 24.6 Å². The maximum absolute atomic E-state index is 13.8. The Morgan fingerprint density at radius 1 is 1.08 bits per heavy atom. The SMILES string of the molecule is CCOC(=O)C1=C(C)N=c2s/c(=C/c3ccc(OCC(=O)[O-])c(OC)c3)c(=O)n2[C@@H]1c1ccc(OCC)cc1. The molecule has 0 radical (unpaired) electrons. The zero-order chi connectivity index (χ0) is 28.1. The smallest absolute Gasteiger partial charge is 0.338 e. The Balaban J connectivity index is 1.83. The number of aliphatic carboxylic acids is 1. The number of nitrogens with zero attached hydrogens (tertiary/aromatic N) is 2. The number of aromatic nitrogens is 1. The highest BCUT2D eigenvalue weighted by atomic mass is 32.1. The predicted octanol–water partition coefficient (Wildman–Crippen LogP) is 1.33. The van der Waals surface area contributed by atoms with Gasteiger partial charge in [0, 0.05) is 0 Å². The average Bonchev–Trinajstić information content (AvgIpc) is 3.21. The molecule has 4 rings (SSSR count).